The van der Waals surface area contributed by atoms with Crippen molar-refractivity contribution >= 4 is 41.3 Å². The van der Waals surface area contributed by atoms with Crippen LogP contribution in [0.1, 0.15) is 17.0 Å². The van der Waals surface area contributed by atoms with Gasteiger partial charge in [-0.15, -0.1) is 0 Å². The number of amides is 1. The highest BCUT2D eigenvalue weighted by molar-refractivity contribution is 6.32. The van der Waals surface area contributed by atoms with Crippen LogP contribution in [0.4, 0.5) is 0 Å². The first-order valence-corrected chi connectivity index (χ1v) is 11.3. The fourth-order valence-corrected chi connectivity index (χ4v) is 3.40. The third kappa shape index (κ3) is 7.99. The number of hydrazine groups is 1. The molecule has 0 aromatic heterocycles. The average molecular weight is 498 g/mol. The molecule has 0 bridgehead atoms. The number of rotatable bonds is 11. The van der Waals surface area contributed by atoms with Gasteiger partial charge in [-0.1, -0.05) is 84.9 Å². The van der Waals surface area contributed by atoms with Crippen LogP contribution in [0.15, 0.2) is 95.5 Å². The zero-order valence-electron chi connectivity index (χ0n) is 19.3. The summed E-state index contributed by atoms with van der Waals surface area (Å²) in [6.07, 6.45) is 3.92. The molecule has 0 aliphatic rings. The van der Waals surface area contributed by atoms with Crippen LogP contribution in [0.25, 0.3) is 0 Å². The third-order valence-corrected chi connectivity index (χ3v) is 5.59. The van der Waals surface area contributed by atoms with Crippen molar-refractivity contribution in [3.05, 3.63) is 107 Å². The second kappa shape index (κ2) is 13.5. The maximum Gasteiger partial charge on any atom is 0.216 e. The number of hydrogen-bond acceptors (Lipinski definition) is 4. The van der Waals surface area contributed by atoms with Crippen molar-refractivity contribution < 1.29 is 4.79 Å². The second-order valence-electron chi connectivity index (χ2n) is 7.59. The van der Waals surface area contributed by atoms with Gasteiger partial charge in [-0.2, -0.15) is 0 Å². The molecule has 2 N–H and O–H groups in total. The molecule has 6 nitrogen and oxygen atoms in total. The molecular weight excluding hydrogens is 469 g/mol. The van der Waals surface area contributed by atoms with Gasteiger partial charge in [0.05, 0.1) is 6.54 Å². The molecule has 2 aromatic rings. The van der Waals surface area contributed by atoms with Gasteiger partial charge >= 0.3 is 0 Å². The quantitative estimate of drug-likeness (QED) is 0.146. The van der Waals surface area contributed by atoms with E-state index < -0.39 is 0 Å². The van der Waals surface area contributed by atoms with E-state index in [1.165, 1.54) is 4.90 Å². The van der Waals surface area contributed by atoms with Crippen molar-refractivity contribution in [1.29, 1.82) is 5.41 Å². The van der Waals surface area contributed by atoms with Crippen molar-refractivity contribution in [3.8, 4) is 0 Å². The first-order valence-electron chi connectivity index (χ1n) is 10.5. The number of halogens is 2. The number of carbonyl (C=O) groups excluding carboxylic acids is 1. The normalized spacial score (nSPS) is 12.7. The lowest BCUT2D eigenvalue weighted by atomic mass is 9.90. The number of guanidine groups is 1. The Morgan fingerprint density at radius 3 is 2.41 bits per heavy atom. The molecule has 8 heteroatoms. The lowest BCUT2D eigenvalue weighted by Gasteiger charge is -2.25. The molecule has 0 spiro atoms. The van der Waals surface area contributed by atoms with Gasteiger partial charge < -0.3 is 5.41 Å². The van der Waals surface area contributed by atoms with E-state index in [1.807, 2.05) is 42.5 Å². The van der Waals surface area contributed by atoms with Gasteiger partial charge in [-0.3, -0.25) is 20.1 Å². The Labute approximate surface area is 211 Å². The SMILES string of the molecule is C=C/C=C(/Cl)C(=C)CN(C)NC(=NCC(C(=N)c1ccc(Cl)cc1)c1ccccc1)N(C)C=O. The molecule has 34 heavy (non-hydrogen) atoms. The van der Waals surface area contributed by atoms with Crippen LogP contribution in [-0.4, -0.2) is 55.2 Å². The van der Waals surface area contributed by atoms with Crippen molar-refractivity contribution in [2.45, 2.75) is 5.92 Å². The summed E-state index contributed by atoms with van der Waals surface area (Å²) in [4.78, 5) is 17.5. The summed E-state index contributed by atoms with van der Waals surface area (Å²) in [6, 6.07) is 16.9. The zero-order chi connectivity index (χ0) is 25.1. The number of benzene rings is 2. The summed E-state index contributed by atoms with van der Waals surface area (Å²) in [7, 11) is 3.40. The highest BCUT2D eigenvalue weighted by Crippen LogP contribution is 2.23. The highest BCUT2D eigenvalue weighted by Gasteiger charge is 2.20. The molecule has 0 radical (unpaired) electrons. The summed E-state index contributed by atoms with van der Waals surface area (Å²) in [5.41, 5.74) is 5.89. The summed E-state index contributed by atoms with van der Waals surface area (Å²) in [5.74, 6) is 0.00317. The molecule has 1 unspecified atom stereocenters. The molecular formula is C26H29Cl2N5O. The Balaban J connectivity index is 2.28. The molecule has 0 saturated heterocycles. The Hall–Kier alpha value is -3.19. The number of hydrogen-bond donors (Lipinski definition) is 2. The van der Waals surface area contributed by atoms with Gasteiger partial charge in [0.25, 0.3) is 0 Å². The van der Waals surface area contributed by atoms with Gasteiger partial charge in [0.15, 0.2) is 0 Å². The monoisotopic (exact) mass is 497 g/mol. The van der Waals surface area contributed by atoms with E-state index in [0.717, 1.165) is 11.1 Å². The number of nitrogens with zero attached hydrogens (tertiary/aromatic N) is 3. The van der Waals surface area contributed by atoms with Crippen LogP contribution >= 0.6 is 23.2 Å². The Morgan fingerprint density at radius 2 is 1.82 bits per heavy atom. The van der Waals surface area contributed by atoms with E-state index in [2.05, 4.69) is 23.6 Å². The molecule has 178 valence electrons. The summed E-state index contributed by atoms with van der Waals surface area (Å²) in [5, 5.41) is 11.7. The van der Waals surface area contributed by atoms with E-state index in [1.54, 1.807) is 43.4 Å². The number of aliphatic imine (C=N–C) groups is 1. The highest BCUT2D eigenvalue weighted by atomic mass is 35.5. The molecule has 0 saturated carbocycles. The fraction of sp³-hybridized carbons (Fsp3) is 0.192. The Kier molecular flexibility index (Phi) is 10.7. The smallest absolute Gasteiger partial charge is 0.216 e. The maximum absolute atomic E-state index is 11.5. The van der Waals surface area contributed by atoms with E-state index in [-0.39, 0.29) is 12.5 Å². The molecule has 0 heterocycles. The van der Waals surface area contributed by atoms with Crippen LogP contribution in [0.3, 0.4) is 0 Å². The number of allylic oxidation sites excluding steroid dienone is 2. The summed E-state index contributed by atoms with van der Waals surface area (Å²) < 4.78 is 0. The van der Waals surface area contributed by atoms with Gasteiger partial charge in [-0.25, -0.2) is 5.01 Å². The minimum atomic E-state index is -0.329. The van der Waals surface area contributed by atoms with Gasteiger partial charge in [0.1, 0.15) is 0 Å². The van der Waals surface area contributed by atoms with Gasteiger partial charge in [0.2, 0.25) is 12.4 Å². The first kappa shape index (κ1) is 27.1. The van der Waals surface area contributed by atoms with Crippen molar-refractivity contribution in [3.63, 3.8) is 0 Å². The zero-order valence-corrected chi connectivity index (χ0v) is 20.9. The van der Waals surface area contributed by atoms with Crippen molar-refractivity contribution in [2.75, 3.05) is 27.2 Å². The van der Waals surface area contributed by atoms with E-state index >= 15 is 0 Å². The molecule has 0 aliphatic carbocycles. The van der Waals surface area contributed by atoms with Crippen molar-refractivity contribution in [1.82, 2.24) is 15.3 Å². The van der Waals surface area contributed by atoms with Gasteiger partial charge in [0, 0.05) is 42.3 Å². The van der Waals surface area contributed by atoms with Crippen LogP contribution in [-0.2, 0) is 4.79 Å². The minimum absolute atomic E-state index is 0.248. The van der Waals surface area contributed by atoms with E-state index in [4.69, 9.17) is 28.6 Å². The fourth-order valence-electron chi connectivity index (χ4n) is 3.13. The lowest BCUT2D eigenvalue weighted by molar-refractivity contribution is -0.114. The largest absolute Gasteiger partial charge is 0.304 e. The predicted octanol–water partition coefficient (Wildman–Crippen LogP) is 5.24. The number of likely N-dealkylation sites (N-methyl/N-ethyl adjacent to an activating group) is 1. The Morgan fingerprint density at radius 1 is 1.18 bits per heavy atom. The summed E-state index contributed by atoms with van der Waals surface area (Å²) in [6.45, 7) is 8.24. The topological polar surface area (TPSA) is 71.8 Å². The molecule has 1 atom stereocenters. The van der Waals surface area contributed by atoms with Crippen molar-refractivity contribution in [2.24, 2.45) is 4.99 Å². The third-order valence-electron chi connectivity index (χ3n) is 4.94. The van der Waals surface area contributed by atoms with Crippen LogP contribution < -0.4 is 5.43 Å². The standard InChI is InChI=1S/C26H29Cl2N5O/c1-5-9-24(28)19(2)17-33(4)31-26(32(3)18-34)30-16-23(20-10-7-6-8-11-20)25(29)21-12-14-22(27)15-13-21/h5-15,18,23,29H,1-2,16-17H2,3-4H3,(H,30,31)/b24-9+,29-25?. The number of carbonyl (C=O) groups is 1. The minimum Gasteiger partial charge on any atom is -0.304 e. The Bertz CT molecular complexity index is 1060. The second-order valence-corrected chi connectivity index (χ2v) is 8.43. The summed E-state index contributed by atoms with van der Waals surface area (Å²) >= 11 is 12.2. The average Bonchev–Trinajstić information content (AvgIpc) is 2.84. The molecule has 1 amide bonds. The number of nitrogens with one attached hydrogen (secondary N) is 2. The van der Waals surface area contributed by atoms with Crippen LogP contribution in [0.2, 0.25) is 5.02 Å². The maximum atomic E-state index is 11.5. The van der Waals surface area contributed by atoms with Gasteiger partial charge in [-0.05, 0) is 34.9 Å². The molecule has 2 rings (SSSR count). The predicted molar refractivity (Wildman–Crippen MR) is 143 cm³/mol. The molecule has 0 aliphatic heterocycles. The lowest BCUT2D eigenvalue weighted by Crippen LogP contribution is -2.47. The van der Waals surface area contributed by atoms with E-state index in [0.29, 0.717) is 40.3 Å². The molecule has 2 aromatic carbocycles. The molecule has 0 fully saturated rings. The van der Waals surface area contributed by atoms with Crippen LogP contribution in [0.5, 0.6) is 0 Å². The van der Waals surface area contributed by atoms with E-state index in [9.17, 15) is 4.79 Å². The first-order chi connectivity index (χ1) is 16.3. The van der Waals surface area contributed by atoms with Crippen LogP contribution in [0, 0.1) is 5.41 Å².